The van der Waals surface area contributed by atoms with Gasteiger partial charge in [0, 0.05) is 31.0 Å². The molecule has 0 spiro atoms. The van der Waals surface area contributed by atoms with Crippen molar-refractivity contribution < 1.29 is 0 Å². The summed E-state index contributed by atoms with van der Waals surface area (Å²) in [7, 11) is 1.93. The molecule has 5 heteroatoms. The maximum atomic E-state index is 4.50. The van der Waals surface area contributed by atoms with E-state index in [1.165, 1.54) is 5.56 Å². The van der Waals surface area contributed by atoms with Gasteiger partial charge < -0.3 is 10.6 Å². The zero-order chi connectivity index (χ0) is 11.8. The van der Waals surface area contributed by atoms with Crippen molar-refractivity contribution in [3.8, 4) is 0 Å². The van der Waals surface area contributed by atoms with E-state index in [1.807, 2.05) is 37.1 Å². The van der Waals surface area contributed by atoms with Crippen molar-refractivity contribution in [1.82, 2.24) is 14.8 Å². The first-order chi connectivity index (χ1) is 8.22. The zero-order valence-corrected chi connectivity index (χ0v) is 9.94. The van der Waals surface area contributed by atoms with Gasteiger partial charge in [-0.1, -0.05) is 0 Å². The van der Waals surface area contributed by atoms with Crippen molar-refractivity contribution in [1.29, 1.82) is 0 Å². The van der Waals surface area contributed by atoms with Gasteiger partial charge in [0.25, 0.3) is 0 Å². The minimum absolute atomic E-state index is 0.227. The fourth-order valence-electron chi connectivity index (χ4n) is 2.06. The molecular formula is C12H15N5. The summed E-state index contributed by atoms with van der Waals surface area (Å²) in [5.74, 6) is 0.921. The highest BCUT2D eigenvalue weighted by Gasteiger charge is 2.20. The number of nitrogens with one attached hydrogen (secondary N) is 2. The predicted molar refractivity (Wildman–Crippen MR) is 67.0 cm³/mol. The van der Waals surface area contributed by atoms with E-state index in [4.69, 9.17) is 0 Å². The van der Waals surface area contributed by atoms with E-state index in [2.05, 4.69) is 26.8 Å². The first-order valence-electron chi connectivity index (χ1n) is 5.69. The third-order valence-corrected chi connectivity index (χ3v) is 2.97. The molecule has 3 rings (SSSR count). The van der Waals surface area contributed by atoms with Crippen LogP contribution in [-0.4, -0.2) is 21.3 Å². The van der Waals surface area contributed by atoms with Crippen LogP contribution >= 0.6 is 0 Å². The highest BCUT2D eigenvalue weighted by molar-refractivity contribution is 5.67. The Bertz CT molecular complexity index is 546. The lowest BCUT2D eigenvalue weighted by molar-refractivity contribution is 0.760. The van der Waals surface area contributed by atoms with Gasteiger partial charge >= 0.3 is 0 Å². The van der Waals surface area contributed by atoms with Crippen LogP contribution in [0, 0.1) is 6.92 Å². The van der Waals surface area contributed by atoms with Gasteiger partial charge in [0.1, 0.15) is 5.82 Å². The molecule has 0 saturated heterocycles. The van der Waals surface area contributed by atoms with E-state index in [1.54, 1.807) is 0 Å². The lowest BCUT2D eigenvalue weighted by Crippen LogP contribution is -2.26. The van der Waals surface area contributed by atoms with Crippen molar-refractivity contribution in [2.24, 2.45) is 7.05 Å². The van der Waals surface area contributed by atoms with Crippen LogP contribution in [0.25, 0.3) is 0 Å². The number of pyridine rings is 1. The molecule has 0 amide bonds. The molecule has 0 aromatic carbocycles. The summed E-state index contributed by atoms with van der Waals surface area (Å²) in [5, 5.41) is 11.0. The van der Waals surface area contributed by atoms with Crippen LogP contribution in [0.2, 0.25) is 0 Å². The molecule has 5 nitrogen and oxygen atoms in total. The van der Waals surface area contributed by atoms with Crippen LogP contribution < -0.4 is 10.6 Å². The first kappa shape index (κ1) is 10.1. The molecule has 88 valence electrons. The number of nitrogens with zero attached hydrogens (tertiary/aromatic N) is 3. The summed E-state index contributed by atoms with van der Waals surface area (Å²) in [4.78, 5) is 4.50. The highest BCUT2D eigenvalue weighted by atomic mass is 15.2. The van der Waals surface area contributed by atoms with E-state index < -0.39 is 0 Å². The molecule has 0 aliphatic carbocycles. The van der Waals surface area contributed by atoms with E-state index in [9.17, 15) is 0 Å². The van der Waals surface area contributed by atoms with Crippen LogP contribution in [0.4, 0.5) is 11.5 Å². The fraction of sp³-hybridized carbons (Fsp3) is 0.333. The maximum Gasteiger partial charge on any atom is 0.150 e. The molecule has 1 aliphatic rings. The molecule has 1 aliphatic heterocycles. The van der Waals surface area contributed by atoms with E-state index in [-0.39, 0.29) is 6.04 Å². The smallest absolute Gasteiger partial charge is 0.150 e. The monoisotopic (exact) mass is 229 g/mol. The Hall–Kier alpha value is -2.04. The van der Waals surface area contributed by atoms with Crippen molar-refractivity contribution >= 4 is 11.5 Å². The Morgan fingerprint density at radius 2 is 2.29 bits per heavy atom. The molecule has 1 atom stereocenters. The summed E-state index contributed by atoms with van der Waals surface area (Å²) in [6.45, 7) is 2.85. The summed E-state index contributed by atoms with van der Waals surface area (Å²) in [5.41, 5.74) is 3.26. The van der Waals surface area contributed by atoms with Crippen LogP contribution in [0.5, 0.6) is 0 Å². The van der Waals surface area contributed by atoms with Crippen molar-refractivity contribution in [3.63, 3.8) is 0 Å². The second-order valence-corrected chi connectivity index (χ2v) is 4.37. The molecule has 3 heterocycles. The van der Waals surface area contributed by atoms with E-state index in [0.29, 0.717) is 0 Å². The number of fused-ring (bicyclic) bond motifs is 1. The van der Waals surface area contributed by atoms with Crippen LogP contribution in [-0.2, 0) is 7.05 Å². The Morgan fingerprint density at radius 1 is 1.41 bits per heavy atom. The van der Waals surface area contributed by atoms with Crippen molar-refractivity contribution in [2.45, 2.75) is 13.0 Å². The molecule has 17 heavy (non-hydrogen) atoms. The second kappa shape index (κ2) is 3.76. The van der Waals surface area contributed by atoms with Gasteiger partial charge in [-0.05, 0) is 19.1 Å². The Morgan fingerprint density at radius 3 is 3.06 bits per heavy atom. The zero-order valence-electron chi connectivity index (χ0n) is 9.94. The van der Waals surface area contributed by atoms with Crippen LogP contribution in [0.15, 0.2) is 24.5 Å². The number of aromatic nitrogens is 3. The maximum absolute atomic E-state index is 4.50. The molecule has 2 aromatic rings. The van der Waals surface area contributed by atoms with Crippen molar-refractivity contribution in [2.75, 3.05) is 17.2 Å². The van der Waals surface area contributed by atoms with Gasteiger partial charge in [-0.2, -0.15) is 5.10 Å². The first-order valence-corrected chi connectivity index (χ1v) is 5.69. The standard InChI is InChI=1S/C12H15N5/c1-8-3-4-10-12(15-8)16-11(6-13-10)9-5-14-17(2)7-9/h3-5,7,11,13H,6H2,1-2H3,(H,15,16). The van der Waals surface area contributed by atoms with Gasteiger partial charge in [0.2, 0.25) is 0 Å². The molecule has 0 bridgehead atoms. The molecule has 2 aromatic heterocycles. The minimum Gasteiger partial charge on any atom is -0.380 e. The molecule has 1 unspecified atom stereocenters. The molecule has 0 radical (unpaired) electrons. The second-order valence-electron chi connectivity index (χ2n) is 4.37. The van der Waals surface area contributed by atoms with E-state index in [0.717, 1.165) is 23.7 Å². The molecule has 0 saturated carbocycles. The lowest BCUT2D eigenvalue weighted by atomic mass is 10.1. The number of aryl methyl sites for hydroxylation is 2. The number of hydrogen-bond donors (Lipinski definition) is 2. The van der Waals surface area contributed by atoms with E-state index >= 15 is 0 Å². The Kier molecular flexibility index (Phi) is 2.24. The largest absolute Gasteiger partial charge is 0.380 e. The third-order valence-electron chi connectivity index (χ3n) is 2.97. The van der Waals surface area contributed by atoms with Gasteiger partial charge in [0.15, 0.2) is 0 Å². The van der Waals surface area contributed by atoms with Gasteiger partial charge in [-0.25, -0.2) is 4.98 Å². The number of rotatable bonds is 1. The third kappa shape index (κ3) is 1.84. The number of hydrogen-bond acceptors (Lipinski definition) is 4. The highest BCUT2D eigenvalue weighted by Crippen LogP contribution is 2.29. The average molecular weight is 229 g/mol. The molecule has 2 N–H and O–H groups in total. The summed E-state index contributed by atoms with van der Waals surface area (Å²) < 4.78 is 1.82. The predicted octanol–water partition coefficient (Wildman–Crippen LogP) is 1.70. The molecular weight excluding hydrogens is 214 g/mol. The fourth-order valence-corrected chi connectivity index (χ4v) is 2.06. The topological polar surface area (TPSA) is 54.8 Å². The average Bonchev–Trinajstić information content (AvgIpc) is 2.75. The number of anilines is 2. The summed E-state index contributed by atoms with van der Waals surface area (Å²) in [6, 6.07) is 4.30. The van der Waals surface area contributed by atoms with Crippen LogP contribution in [0.1, 0.15) is 17.3 Å². The Labute approximate surface area is 99.9 Å². The van der Waals surface area contributed by atoms with Gasteiger partial charge in [-0.3, -0.25) is 4.68 Å². The summed E-state index contributed by atoms with van der Waals surface area (Å²) >= 11 is 0. The van der Waals surface area contributed by atoms with Crippen LogP contribution in [0.3, 0.4) is 0 Å². The van der Waals surface area contributed by atoms with Crippen molar-refractivity contribution in [3.05, 3.63) is 35.8 Å². The van der Waals surface area contributed by atoms with Gasteiger partial charge in [-0.15, -0.1) is 0 Å². The quantitative estimate of drug-likeness (QED) is 0.781. The lowest BCUT2D eigenvalue weighted by Gasteiger charge is -2.26. The summed E-state index contributed by atoms with van der Waals surface area (Å²) in [6.07, 6.45) is 3.92. The minimum atomic E-state index is 0.227. The van der Waals surface area contributed by atoms with Gasteiger partial charge in [0.05, 0.1) is 17.9 Å². The molecule has 0 fully saturated rings. The Balaban J connectivity index is 1.89. The normalized spacial score (nSPS) is 18.1. The SMILES string of the molecule is Cc1ccc2c(n1)NC(c1cnn(C)c1)CN2.